The van der Waals surface area contributed by atoms with Gasteiger partial charge in [-0.25, -0.2) is 0 Å². The van der Waals surface area contributed by atoms with Crippen molar-refractivity contribution in [1.82, 2.24) is 0 Å². The van der Waals surface area contributed by atoms with Gasteiger partial charge in [-0.2, -0.15) is 0 Å². The number of benzene rings is 1. The maximum atomic E-state index is 12.1. The van der Waals surface area contributed by atoms with Gasteiger partial charge in [-0.1, -0.05) is 0 Å². The number of nitro benzene ring substituents is 1. The molecule has 0 unspecified atom stereocenters. The van der Waals surface area contributed by atoms with E-state index in [4.69, 9.17) is 8.83 Å². The van der Waals surface area contributed by atoms with Crippen molar-refractivity contribution in [2.24, 2.45) is 0 Å². The molecule has 9 heteroatoms. The number of nitro groups is 1. The Morgan fingerprint density at radius 2 is 1.48 bits per heavy atom. The fourth-order valence-corrected chi connectivity index (χ4v) is 2.32. The molecule has 0 saturated carbocycles. The zero-order valence-corrected chi connectivity index (χ0v) is 14.9. The van der Waals surface area contributed by atoms with Crippen molar-refractivity contribution in [3.63, 3.8) is 0 Å². The maximum Gasteiger partial charge on any atom is 0.292 e. The third kappa shape index (κ3) is 5.54. The van der Waals surface area contributed by atoms with Crippen LogP contribution in [0.2, 0.25) is 0 Å². The summed E-state index contributed by atoms with van der Waals surface area (Å²) in [7, 11) is 0. The van der Waals surface area contributed by atoms with Crippen molar-refractivity contribution in [1.29, 1.82) is 0 Å². The van der Waals surface area contributed by atoms with Crippen LogP contribution in [0.3, 0.4) is 0 Å². The highest BCUT2D eigenvalue weighted by molar-refractivity contribution is 6.05. The maximum absolute atomic E-state index is 12.1. The van der Waals surface area contributed by atoms with E-state index < -0.39 is 16.7 Å². The van der Waals surface area contributed by atoms with Gasteiger partial charge in [0.25, 0.3) is 5.69 Å². The van der Waals surface area contributed by atoms with Crippen LogP contribution in [0, 0.1) is 10.1 Å². The standard InChI is InChI=1S/C20H15N3O6/c24-19(9-6-15-3-1-11-28-15)21-14-5-8-18(23(26)27)17(13-14)22-20(25)10-7-16-4-2-12-29-16/h1-13H,(H,21,24)(H,22,25). The summed E-state index contributed by atoms with van der Waals surface area (Å²) in [4.78, 5) is 34.7. The second kappa shape index (κ2) is 9.00. The van der Waals surface area contributed by atoms with Crippen LogP contribution >= 0.6 is 0 Å². The fourth-order valence-electron chi connectivity index (χ4n) is 2.32. The minimum absolute atomic E-state index is 0.0584. The second-order valence-electron chi connectivity index (χ2n) is 5.67. The molecule has 3 aromatic rings. The van der Waals surface area contributed by atoms with Crippen LogP contribution < -0.4 is 10.6 Å². The number of rotatable bonds is 7. The van der Waals surface area contributed by atoms with Crippen LogP contribution in [0.1, 0.15) is 11.5 Å². The molecule has 0 atom stereocenters. The first-order chi connectivity index (χ1) is 14.0. The van der Waals surface area contributed by atoms with Gasteiger partial charge in [0.1, 0.15) is 17.2 Å². The van der Waals surface area contributed by atoms with Crippen molar-refractivity contribution in [3.05, 3.63) is 88.8 Å². The smallest absolute Gasteiger partial charge is 0.292 e. The summed E-state index contributed by atoms with van der Waals surface area (Å²) < 4.78 is 10.2. The second-order valence-corrected chi connectivity index (χ2v) is 5.67. The van der Waals surface area contributed by atoms with E-state index in [1.54, 1.807) is 24.3 Å². The average Bonchev–Trinajstić information content (AvgIpc) is 3.38. The molecule has 0 spiro atoms. The van der Waals surface area contributed by atoms with E-state index in [1.807, 2.05) is 0 Å². The molecule has 2 amide bonds. The number of nitrogens with one attached hydrogen (secondary N) is 2. The largest absolute Gasteiger partial charge is 0.465 e. The van der Waals surface area contributed by atoms with E-state index in [1.165, 1.54) is 55.0 Å². The number of carbonyl (C=O) groups is 2. The first kappa shape index (κ1) is 19.4. The Labute approximate surface area is 164 Å². The molecule has 2 N–H and O–H groups in total. The zero-order valence-electron chi connectivity index (χ0n) is 14.9. The topological polar surface area (TPSA) is 128 Å². The Morgan fingerprint density at radius 3 is 2.00 bits per heavy atom. The number of amides is 2. The highest BCUT2D eigenvalue weighted by atomic mass is 16.6. The molecule has 2 aromatic heterocycles. The molecule has 1 aromatic carbocycles. The Hall–Kier alpha value is -4.40. The molecule has 3 rings (SSSR count). The lowest BCUT2D eigenvalue weighted by Gasteiger charge is -2.07. The van der Waals surface area contributed by atoms with E-state index >= 15 is 0 Å². The molecule has 0 radical (unpaired) electrons. The SMILES string of the molecule is O=C(C=Cc1ccco1)Nc1ccc([N+](=O)[O-])c(NC(=O)C=Cc2ccco2)c1. The Bertz CT molecular complexity index is 1070. The van der Waals surface area contributed by atoms with Gasteiger partial charge in [-0.15, -0.1) is 0 Å². The third-order valence-corrected chi connectivity index (χ3v) is 3.60. The Kier molecular flexibility index (Phi) is 6.01. The van der Waals surface area contributed by atoms with Crippen LogP contribution in [0.4, 0.5) is 17.1 Å². The monoisotopic (exact) mass is 393 g/mol. The summed E-state index contributed by atoms with van der Waals surface area (Å²) >= 11 is 0. The van der Waals surface area contributed by atoms with E-state index in [-0.39, 0.29) is 17.1 Å². The Balaban J connectivity index is 1.72. The number of anilines is 2. The van der Waals surface area contributed by atoms with Crippen LogP contribution in [-0.4, -0.2) is 16.7 Å². The number of furan rings is 2. The minimum atomic E-state index is -0.631. The van der Waals surface area contributed by atoms with Crippen molar-refractivity contribution >= 4 is 41.0 Å². The average molecular weight is 393 g/mol. The van der Waals surface area contributed by atoms with Crippen LogP contribution in [-0.2, 0) is 9.59 Å². The van der Waals surface area contributed by atoms with Gasteiger partial charge in [0.05, 0.1) is 17.4 Å². The summed E-state index contributed by atoms with van der Waals surface area (Å²) in [6, 6.07) is 10.5. The van der Waals surface area contributed by atoms with Crippen LogP contribution in [0.15, 0.2) is 76.0 Å². The summed E-state index contributed by atoms with van der Waals surface area (Å²) in [5.41, 5.74) is -0.0965. The van der Waals surface area contributed by atoms with Gasteiger partial charge in [0.2, 0.25) is 11.8 Å². The van der Waals surface area contributed by atoms with Gasteiger partial charge in [-0.3, -0.25) is 19.7 Å². The number of hydrogen-bond donors (Lipinski definition) is 2. The summed E-state index contributed by atoms with van der Waals surface area (Å²) in [6.45, 7) is 0. The summed E-state index contributed by atoms with van der Waals surface area (Å²) in [5.74, 6) is -0.102. The molecule has 0 aliphatic carbocycles. The van der Waals surface area contributed by atoms with Gasteiger partial charge < -0.3 is 19.5 Å². The van der Waals surface area contributed by atoms with E-state index in [0.29, 0.717) is 11.5 Å². The third-order valence-electron chi connectivity index (χ3n) is 3.60. The first-order valence-electron chi connectivity index (χ1n) is 8.35. The first-order valence-corrected chi connectivity index (χ1v) is 8.35. The van der Waals surface area contributed by atoms with E-state index in [0.717, 1.165) is 0 Å². The Morgan fingerprint density at radius 1 is 0.897 bits per heavy atom. The minimum Gasteiger partial charge on any atom is -0.465 e. The van der Waals surface area contributed by atoms with Crippen molar-refractivity contribution < 1.29 is 23.3 Å². The van der Waals surface area contributed by atoms with Crippen LogP contribution in [0.25, 0.3) is 12.2 Å². The normalized spacial score (nSPS) is 11.0. The van der Waals surface area contributed by atoms with Crippen molar-refractivity contribution in [2.75, 3.05) is 10.6 Å². The predicted octanol–water partition coefficient (Wildman–Crippen LogP) is 4.08. The number of nitrogens with zero attached hydrogens (tertiary/aromatic N) is 1. The zero-order chi connectivity index (χ0) is 20.6. The number of hydrogen-bond acceptors (Lipinski definition) is 6. The molecule has 9 nitrogen and oxygen atoms in total. The molecule has 0 aliphatic rings. The van der Waals surface area contributed by atoms with E-state index in [9.17, 15) is 19.7 Å². The summed E-state index contributed by atoms with van der Waals surface area (Å²) in [5, 5.41) is 16.2. The van der Waals surface area contributed by atoms with Gasteiger partial charge in [-0.05, 0) is 48.6 Å². The number of carbonyl (C=O) groups excluding carboxylic acids is 2. The van der Waals surface area contributed by atoms with E-state index in [2.05, 4.69) is 10.6 Å². The van der Waals surface area contributed by atoms with Crippen molar-refractivity contribution in [2.45, 2.75) is 0 Å². The summed E-state index contributed by atoms with van der Waals surface area (Å²) in [6.07, 6.45) is 8.26. The molecule has 0 bridgehead atoms. The quantitative estimate of drug-likeness (QED) is 0.354. The predicted molar refractivity (Wildman–Crippen MR) is 106 cm³/mol. The highest BCUT2D eigenvalue weighted by Crippen LogP contribution is 2.28. The van der Waals surface area contributed by atoms with Gasteiger partial charge in [0, 0.05) is 23.9 Å². The van der Waals surface area contributed by atoms with Crippen LogP contribution in [0.5, 0.6) is 0 Å². The molecule has 0 saturated heterocycles. The molecule has 2 heterocycles. The molecular weight excluding hydrogens is 378 g/mol. The van der Waals surface area contributed by atoms with Gasteiger partial charge >= 0.3 is 0 Å². The lowest BCUT2D eigenvalue weighted by molar-refractivity contribution is -0.383. The lowest BCUT2D eigenvalue weighted by Crippen LogP contribution is -2.12. The molecular formula is C20H15N3O6. The fraction of sp³-hybridized carbons (Fsp3) is 0. The highest BCUT2D eigenvalue weighted by Gasteiger charge is 2.16. The molecule has 0 aliphatic heterocycles. The molecule has 29 heavy (non-hydrogen) atoms. The molecule has 146 valence electrons. The lowest BCUT2D eigenvalue weighted by atomic mass is 10.2. The van der Waals surface area contributed by atoms with Gasteiger partial charge in [0.15, 0.2) is 0 Å². The molecule has 0 fully saturated rings. The van der Waals surface area contributed by atoms with Crippen molar-refractivity contribution in [3.8, 4) is 0 Å².